The van der Waals surface area contributed by atoms with E-state index in [4.69, 9.17) is 9.15 Å². The molecule has 0 bridgehead atoms. The number of rotatable bonds is 4. The number of morpholine rings is 1. The van der Waals surface area contributed by atoms with Crippen LogP contribution in [0.2, 0.25) is 0 Å². The van der Waals surface area contributed by atoms with E-state index < -0.39 is 15.9 Å². The van der Waals surface area contributed by atoms with Crippen molar-refractivity contribution in [2.24, 2.45) is 0 Å². The first kappa shape index (κ1) is 23.2. The van der Waals surface area contributed by atoms with Crippen LogP contribution in [0, 0.1) is 13.8 Å². The molecule has 1 amide bonds. The van der Waals surface area contributed by atoms with Crippen molar-refractivity contribution in [1.29, 1.82) is 0 Å². The van der Waals surface area contributed by atoms with Crippen molar-refractivity contribution in [3.05, 3.63) is 69.6 Å². The number of ether oxygens (including phenoxy) is 1. The van der Waals surface area contributed by atoms with Crippen LogP contribution in [0.3, 0.4) is 0 Å². The fourth-order valence-corrected chi connectivity index (χ4v) is 5.69. The van der Waals surface area contributed by atoms with E-state index in [-0.39, 0.29) is 41.4 Å². The number of aryl methyl sites for hydroxylation is 2. The normalized spacial score (nSPS) is 19.5. The smallest absolute Gasteiger partial charge is 0.291 e. The zero-order chi connectivity index (χ0) is 23.9. The molecule has 2 unspecified atom stereocenters. The lowest BCUT2D eigenvalue weighted by Gasteiger charge is -2.34. The maximum Gasteiger partial charge on any atom is 0.291 e. The molecule has 3 aromatic rings. The van der Waals surface area contributed by atoms with Crippen molar-refractivity contribution in [1.82, 2.24) is 4.31 Å². The van der Waals surface area contributed by atoms with Gasteiger partial charge >= 0.3 is 0 Å². The zero-order valence-electron chi connectivity index (χ0n) is 18.9. The number of fused-ring (bicyclic) bond motifs is 1. The van der Waals surface area contributed by atoms with E-state index in [0.29, 0.717) is 16.7 Å². The Morgan fingerprint density at radius 2 is 1.67 bits per heavy atom. The molecule has 1 saturated heterocycles. The topological polar surface area (TPSA) is 106 Å². The van der Waals surface area contributed by atoms with Gasteiger partial charge in [-0.15, -0.1) is 0 Å². The fraction of sp³-hybridized carbons (Fsp3) is 0.333. The van der Waals surface area contributed by atoms with Gasteiger partial charge in [0.2, 0.25) is 10.0 Å². The van der Waals surface area contributed by atoms with Gasteiger partial charge in [0.25, 0.3) is 5.91 Å². The summed E-state index contributed by atoms with van der Waals surface area (Å²) in [5.41, 5.74) is 2.14. The second kappa shape index (κ2) is 8.74. The average molecular weight is 471 g/mol. The summed E-state index contributed by atoms with van der Waals surface area (Å²) in [6.07, 6.45) is -0.377. The lowest BCUT2D eigenvalue weighted by molar-refractivity contribution is -0.0440. The highest BCUT2D eigenvalue weighted by atomic mass is 32.2. The van der Waals surface area contributed by atoms with Gasteiger partial charge in [-0.25, -0.2) is 8.42 Å². The van der Waals surface area contributed by atoms with Crippen LogP contribution < -0.4 is 10.7 Å². The molecule has 2 atom stereocenters. The average Bonchev–Trinajstić information content (AvgIpc) is 2.74. The first-order valence-electron chi connectivity index (χ1n) is 10.7. The third-order valence-electron chi connectivity index (χ3n) is 5.52. The molecule has 2 aromatic carbocycles. The molecule has 2 heterocycles. The van der Waals surface area contributed by atoms with Crippen molar-refractivity contribution in [3.8, 4) is 0 Å². The summed E-state index contributed by atoms with van der Waals surface area (Å²) in [5, 5.41) is 3.07. The highest BCUT2D eigenvalue weighted by Crippen LogP contribution is 2.23. The van der Waals surface area contributed by atoms with Crippen LogP contribution in [0.4, 0.5) is 5.69 Å². The Labute approximate surface area is 192 Å². The van der Waals surface area contributed by atoms with Gasteiger partial charge in [0.05, 0.1) is 22.5 Å². The van der Waals surface area contributed by atoms with Crippen molar-refractivity contribution in [3.63, 3.8) is 0 Å². The quantitative estimate of drug-likeness (QED) is 0.626. The Morgan fingerprint density at radius 1 is 1.03 bits per heavy atom. The van der Waals surface area contributed by atoms with Crippen molar-refractivity contribution >= 4 is 32.6 Å². The zero-order valence-corrected chi connectivity index (χ0v) is 19.7. The summed E-state index contributed by atoms with van der Waals surface area (Å²) in [6, 6.07) is 10.7. The molecule has 1 N–H and O–H groups in total. The van der Waals surface area contributed by atoms with E-state index in [1.54, 1.807) is 6.07 Å². The van der Waals surface area contributed by atoms with Crippen LogP contribution in [0.15, 0.2) is 56.6 Å². The number of benzene rings is 2. The molecule has 0 aliphatic carbocycles. The number of nitrogens with zero attached hydrogens (tertiary/aromatic N) is 1. The van der Waals surface area contributed by atoms with E-state index in [9.17, 15) is 18.0 Å². The van der Waals surface area contributed by atoms with Crippen LogP contribution >= 0.6 is 0 Å². The molecule has 1 aromatic heterocycles. The molecular weight excluding hydrogens is 444 g/mol. The van der Waals surface area contributed by atoms with Crippen molar-refractivity contribution in [2.75, 3.05) is 18.4 Å². The van der Waals surface area contributed by atoms with Gasteiger partial charge in [-0.05, 0) is 69.2 Å². The predicted octanol–water partition coefficient (Wildman–Crippen LogP) is 3.46. The Hall–Kier alpha value is -3.01. The van der Waals surface area contributed by atoms with Gasteiger partial charge in [0, 0.05) is 24.8 Å². The minimum absolute atomic E-state index is 0.118. The molecule has 4 rings (SSSR count). The van der Waals surface area contributed by atoms with Gasteiger partial charge in [-0.3, -0.25) is 9.59 Å². The van der Waals surface area contributed by atoms with Crippen molar-refractivity contribution in [2.45, 2.75) is 44.8 Å². The second-order valence-corrected chi connectivity index (χ2v) is 10.4. The molecule has 0 radical (unpaired) electrons. The van der Waals surface area contributed by atoms with E-state index >= 15 is 0 Å². The Bertz CT molecular complexity index is 1370. The van der Waals surface area contributed by atoms with Crippen LogP contribution in [-0.2, 0) is 14.8 Å². The minimum atomic E-state index is -3.68. The van der Waals surface area contributed by atoms with Crippen LogP contribution in [0.5, 0.6) is 0 Å². The SMILES string of the molecule is Cc1cc(C)c2oc(C(=O)Nc3ccc(S(=O)(=O)N4CC(C)OC(C)C4)cc3)cc(=O)c2c1. The number of hydrogen-bond donors (Lipinski definition) is 1. The molecule has 1 aliphatic heterocycles. The molecule has 174 valence electrons. The van der Waals surface area contributed by atoms with Gasteiger partial charge in [0.1, 0.15) is 5.58 Å². The molecule has 1 aliphatic rings. The first-order chi connectivity index (χ1) is 15.5. The molecular formula is C24H26N2O6S. The largest absolute Gasteiger partial charge is 0.450 e. The summed E-state index contributed by atoms with van der Waals surface area (Å²) in [4.78, 5) is 25.3. The summed E-state index contributed by atoms with van der Waals surface area (Å²) < 4.78 is 38.7. The van der Waals surface area contributed by atoms with E-state index in [2.05, 4.69) is 5.32 Å². The standard InChI is InChI=1S/C24H26N2O6S/c1-14-9-15(2)23-20(10-14)21(27)11-22(32-23)24(28)25-18-5-7-19(8-6-18)33(29,30)26-12-16(3)31-17(4)13-26/h5-11,16-17H,12-13H2,1-4H3,(H,25,28). The maximum absolute atomic E-state index is 13.0. The first-order valence-corrected chi connectivity index (χ1v) is 12.1. The number of carbonyl (C=O) groups is 1. The number of carbonyl (C=O) groups excluding carboxylic acids is 1. The molecule has 0 spiro atoms. The molecule has 9 heteroatoms. The minimum Gasteiger partial charge on any atom is -0.450 e. The van der Waals surface area contributed by atoms with E-state index in [1.807, 2.05) is 33.8 Å². The number of hydrogen-bond acceptors (Lipinski definition) is 6. The highest BCUT2D eigenvalue weighted by Gasteiger charge is 2.32. The molecule has 1 fully saturated rings. The number of nitrogens with one attached hydrogen (secondary N) is 1. The number of anilines is 1. The van der Waals surface area contributed by atoms with E-state index in [0.717, 1.165) is 17.2 Å². The lowest BCUT2D eigenvalue weighted by atomic mass is 10.1. The predicted molar refractivity (Wildman–Crippen MR) is 125 cm³/mol. The third-order valence-corrected chi connectivity index (χ3v) is 7.36. The molecule has 33 heavy (non-hydrogen) atoms. The summed E-state index contributed by atoms with van der Waals surface area (Å²) in [6.45, 7) is 7.94. The maximum atomic E-state index is 13.0. The number of amides is 1. The fourth-order valence-electron chi connectivity index (χ4n) is 4.10. The van der Waals surface area contributed by atoms with Crippen LogP contribution in [0.1, 0.15) is 35.5 Å². The number of sulfonamides is 1. The van der Waals surface area contributed by atoms with Gasteiger partial charge < -0.3 is 14.5 Å². The lowest BCUT2D eigenvalue weighted by Crippen LogP contribution is -2.48. The summed E-state index contributed by atoms with van der Waals surface area (Å²) >= 11 is 0. The van der Waals surface area contributed by atoms with Gasteiger partial charge in [0.15, 0.2) is 11.2 Å². The van der Waals surface area contributed by atoms with Crippen LogP contribution in [-0.4, -0.2) is 43.9 Å². The Kier molecular flexibility index (Phi) is 6.13. The van der Waals surface area contributed by atoms with E-state index in [1.165, 1.54) is 28.6 Å². The Morgan fingerprint density at radius 3 is 2.30 bits per heavy atom. The summed E-state index contributed by atoms with van der Waals surface area (Å²) in [5.74, 6) is -0.715. The monoisotopic (exact) mass is 470 g/mol. The van der Waals surface area contributed by atoms with Crippen LogP contribution in [0.25, 0.3) is 11.0 Å². The molecule has 8 nitrogen and oxygen atoms in total. The van der Waals surface area contributed by atoms with Crippen molar-refractivity contribution < 1.29 is 22.4 Å². The third kappa shape index (κ3) is 4.71. The summed E-state index contributed by atoms with van der Waals surface area (Å²) in [7, 11) is -3.68. The Balaban J connectivity index is 1.55. The van der Waals surface area contributed by atoms with Gasteiger partial charge in [-0.2, -0.15) is 4.31 Å². The highest BCUT2D eigenvalue weighted by molar-refractivity contribution is 7.89. The second-order valence-electron chi connectivity index (χ2n) is 8.49. The van der Waals surface area contributed by atoms with Gasteiger partial charge in [-0.1, -0.05) is 6.07 Å². The molecule has 0 saturated carbocycles.